The lowest BCUT2D eigenvalue weighted by Gasteiger charge is -2.19. The molecule has 112 valence electrons. The minimum Gasteiger partial charge on any atom is -0.496 e. The van der Waals surface area contributed by atoms with Crippen molar-refractivity contribution < 1.29 is 4.74 Å². The lowest BCUT2D eigenvalue weighted by Crippen LogP contribution is -2.17. The molecule has 0 saturated heterocycles. The van der Waals surface area contributed by atoms with E-state index in [2.05, 4.69) is 36.2 Å². The van der Waals surface area contributed by atoms with Gasteiger partial charge < -0.3 is 10.5 Å². The SMILES string of the molecule is COc1ccc(Cl)cc1CN(C)Cc1ccc(CN)cc1. The van der Waals surface area contributed by atoms with Gasteiger partial charge in [0.2, 0.25) is 0 Å². The Morgan fingerprint density at radius 3 is 2.33 bits per heavy atom. The molecule has 0 atom stereocenters. The van der Waals surface area contributed by atoms with E-state index >= 15 is 0 Å². The molecule has 2 N–H and O–H groups in total. The number of nitrogens with zero attached hydrogens (tertiary/aromatic N) is 1. The largest absolute Gasteiger partial charge is 0.496 e. The number of halogens is 1. The summed E-state index contributed by atoms with van der Waals surface area (Å²) in [6.07, 6.45) is 0. The van der Waals surface area contributed by atoms with E-state index in [0.717, 1.165) is 35.0 Å². The Kier molecular flexibility index (Phi) is 5.62. The topological polar surface area (TPSA) is 38.5 Å². The quantitative estimate of drug-likeness (QED) is 0.888. The summed E-state index contributed by atoms with van der Waals surface area (Å²) in [6.45, 7) is 2.22. The third-order valence-electron chi connectivity index (χ3n) is 3.39. The first kappa shape index (κ1) is 15.8. The summed E-state index contributed by atoms with van der Waals surface area (Å²) in [5, 5.41) is 0.728. The molecular weight excluding hydrogens is 284 g/mol. The Balaban J connectivity index is 2.03. The predicted octanol–water partition coefficient (Wildman–Crippen LogP) is 3.44. The fourth-order valence-corrected chi connectivity index (χ4v) is 2.50. The zero-order valence-electron chi connectivity index (χ0n) is 12.5. The molecule has 2 rings (SSSR count). The first-order valence-corrected chi connectivity index (χ1v) is 7.29. The summed E-state index contributed by atoms with van der Waals surface area (Å²) in [6, 6.07) is 14.1. The summed E-state index contributed by atoms with van der Waals surface area (Å²) in [7, 11) is 3.76. The van der Waals surface area contributed by atoms with Crippen molar-refractivity contribution in [1.29, 1.82) is 0 Å². The number of methoxy groups -OCH3 is 1. The molecule has 0 aliphatic rings. The molecule has 0 bridgehead atoms. The number of ether oxygens (including phenoxy) is 1. The summed E-state index contributed by atoms with van der Waals surface area (Å²) in [5.74, 6) is 0.865. The van der Waals surface area contributed by atoms with Crippen LogP contribution in [0.5, 0.6) is 5.75 Å². The maximum Gasteiger partial charge on any atom is 0.123 e. The molecule has 0 spiro atoms. The monoisotopic (exact) mass is 304 g/mol. The number of hydrogen-bond acceptors (Lipinski definition) is 3. The van der Waals surface area contributed by atoms with Crippen molar-refractivity contribution in [1.82, 2.24) is 4.90 Å². The maximum atomic E-state index is 6.06. The van der Waals surface area contributed by atoms with E-state index in [9.17, 15) is 0 Å². The van der Waals surface area contributed by atoms with E-state index in [4.69, 9.17) is 22.1 Å². The Hall–Kier alpha value is -1.55. The number of hydrogen-bond donors (Lipinski definition) is 1. The summed E-state index contributed by atoms with van der Waals surface area (Å²) in [4.78, 5) is 2.23. The molecule has 0 aromatic heterocycles. The number of nitrogens with two attached hydrogens (primary N) is 1. The Labute approximate surface area is 131 Å². The summed E-state index contributed by atoms with van der Waals surface area (Å²) in [5.41, 5.74) is 9.11. The van der Waals surface area contributed by atoms with Gasteiger partial charge in [-0.15, -0.1) is 0 Å². The molecule has 0 fully saturated rings. The second kappa shape index (κ2) is 7.46. The van der Waals surface area contributed by atoms with Gasteiger partial charge in [-0.2, -0.15) is 0 Å². The van der Waals surface area contributed by atoms with Gasteiger partial charge in [-0.3, -0.25) is 4.90 Å². The normalized spacial score (nSPS) is 10.9. The van der Waals surface area contributed by atoms with Crippen molar-refractivity contribution in [3.63, 3.8) is 0 Å². The van der Waals surface area contributed by atoms with Crippen molar-refractivity contribution >= 4 is 11.6 Å². The lowest BCUT2D eigenvalue weighted by molar-refractivity contribution is 0.310. The van der Waals surface area contributed by atoms with Crippen molar-refractivity contribution in [2.75, 3.05) is 14.2 Å². The highest BCUT2D eigenvalue weighted by atomic mass is 35.5. The molecule has 2 aromatic rings. The van der Waals surface area contributed by atoms with Crippen molar-refractivity contribution in [3.05, 3.63) is 64.2 Å². The average Bonchev–Trinajstić information content (AvgIpc) is 2.48. The molecule has 0 aliphatic heterocycles. The molecule has 2 aromatic carbocycles. The van der Waals surface area contributed by atoms with Gasteiger partial charge >= 0.3 is 0 Å². The molecular formula is C17H21ClN2O. The molecule has 0 amide bonds. The van der Waals surface area contributed by atoms with Gasteiger partial charge in [-0.25, -0.2) is 0 Å². The molecule has 0 heterocycles. The molecule has 3 nitrogen and oxygen atoms in total. The van der Waals surface area contributed by atoms with E-state index in [1.54, 1.807) is 7.11 Å². The zero-order chi connectivity index (χ0) is 15.2. The van der Waals surface area contributed by atoms with Crippen LogP contribution in [0.1, 0.15) is 16.7 Å². The van der Waals surface area contributed by atoms with Crippen molar-refractivity contribution in [3.8, 4) is 5.75 Å². The van der Waals surface area contributed by atoms with Crippen LogP contribution in [0.4, 0.5) is 0 Å². The van der Waals surface area contributed by atoms with E-state index in [1.165, 1.54) is 5.56 Å². The Bertz CT molecular complexity index is 584. The lowest BCUT2D eigenvalue weighted by atomic mass is 10.1. The molecule has 0 aliphatic carbocycles. The second-order valence-electron chi connectivity index (χ2n) is 5.15. The summed E-state index contributed by atoms with van der Waals surface area (Å²) < 4.78 is 5.38. The smallest absolute Gasteiger partial charge is 0.123 e. The van der Waals surface area contributed by atoms with Gasteiger partial charge in [0.05, 0.1) is 7.11 Å². The van der Waals surface area contributed by atoms with Crippen LogP contribution in [-0.2, 0) is 19.6 Å². The first-order valence-electron chi connectivity index (χ1n) is 6.91. The second-order valence-corrected chi connectivity index (χ2v) is 5.59. The first-order chi connectivity index (χ1) is 10.1. The third kappa shape index (κ3) is 4.46. The van der Waals surface area contributed by atoms with Gasteiger partial charge in [-0.05, 0) is 36.4 Å². The van der Waals surface area contributed by atoms with Crippen LogP contribution < -0.4 is 10.5 Å². The number of rotatable bonds is 6. The van der Waals surface area contributed by atoms with Crippen molar-refractivity contribution in [2.24, 2.45) is 5.73 Å². The van der Waals surface area contributed by atoms with Crippen LogP contribution in [0.2, 0.25) is 5.02 Å². The van der Waals surface area contributed by atoms with Gasteiger partial charge in [0.1, 0.15) is 5.75 Å². The van der Waals surface area contributed by atoms with Crippen molar-refractivity contribution in [2.45, 2.75) is 19.6 Å². The van der Waals surface area contributed by atoms with Gasteiger partial charge in [-0.1, -0.05) is 35.9 Å². The maximum absolute atomic E-state index is 6.06. The Morgan fingerprint density at radius 2 is 1.71 bits per heavy atom. The zero-order valence-corrected chi connectivity index (χ0v) is 13.2. The fraction of sp³-hybridized carbons (Fsp3) is 0.294. The van der Waals surface area contributed by atoms with Gasteiger partial charge in [0, 0.05) is 30.2 Å². The molecule has 4 heteroatoms. The van der Waals surface area contributed by atoms with E-state index in [1.807, 2.05) is 18.2 Å². The molecule has 0 unspecified atom stereocenters. The number of benzene rings is 2. The minimum atomic E-state index is 0.579. The minimum absolute atomic E-state index is 0.579. The van der Waals surface area contributed by atoms with Gasteiger partial charge in [0.15, 0.2) is 0 Å². The molecule has 0 saturated carbocycles. The highest BCUT2D eigenvalue weighted by Gasteiger charge is 2.08. The van der Waals surface area contributed by atoms with Crippen LogP contribution in [0.25, 0.3) is 0 Å². The highest BCUT2D eigenvalue weighted by Crippen LogP contribution is 2.24. The van der Waals surface area contributed by atoms with E-state index in [0.29, 0.717) is 6.54 Å². The van der Waals surface area contributed by atoms with Crippen LogP contribution >= 0.6 is 11.6 Å². The fourth-order valence-electron chi connectivity index (χ4n) is 2.31. The average molecular weight is 305 g/mol. The van der Waals surface area contributed by atoms with Crippen LogP contribution in [0.15, 0.2) is 42.5 Å². The predicted molar refractivity (Wildman–Crippen MR) is 87.5 cm³/mol. The summed E-state index contributed by atoms with van der Waals surface area (Å²) >= 11 is 6.06. The van der Waals surface area contributed by atoms with Crippen LogP contribution in [0.3, 0.4) is 0 Å². The Morgan fingerprint density at radius 1 is 1.05 bits per heavy atom. The van der Waals surface area contributed by atoms with Crippen LogP contribution in [-0.4, -0.2) is 19.1 Å². The third-order valence-corrected chi connectivity index (χ3v) is 3.63. The van der Waals surface area contributed by atoms with E-state index < -0.39 is 0 Å². The standard InChI is InChI=1S/C17H21ClN2O/c1-20(11-14-5-3-13(10-19)4-6-14)12-15-9-16(18)7-8-17(15)21-2/h3-9H,10-12,19H2,1-2H3. The van der Waals surface area contributed by atoms with E-state index in [-0.39, 0.29) is 0 Å². The highest BCUT2D eigenvalue weighted by molar-refractivity contribution is 6.30. The molecule has 21 heavy (non-hydrogen) atoms. The molecule has 0 radical (unpaired) electrons. The van der Waals surface area contributed by atoms with Gasteiger partial charge in [0.25, 0.3) is 0 Å². The van der Waals surface area contributed by atoms with Crippen LogP contribution in [0, 0.1) is 0 Å².